The molecule has 0 radical (unpaired) electrons. The first-order valence-electron chi connectivity index (χ1n) is 5.62. The van der Waals surface area contributed by atoms with E-state index in [1.807, 2.05) is 0 Å². The SMILES string of the molecule is O=S(=O)(Nc1ccc2nncn2c1)c1cccc(Cl)c1. The summed E-state index contributed by atoms with van der Waals surface area (Å²) in [6, 6.07) is 9.35. The van der Waals surface area contributed by atoms with E-state index < -0.39 is 10.0 Å². The van der Waals surface area contributed by atoms with Gasteiger partial charge in [-0.05, 0) is 30.3 Å². The molecule has 0 fully saturated rings. The Balaban J connectivity index is 1.96. The van der Waals surface area contributed by atoms with Crippen LogP contribution in [0.3, 0.4) is 0 Å². The maximum Gasteiger partial charge on any atom is 0.261 e. The van der Waals surface area contributed by atoms with E-state index >= 15 is 0 Å². The molecule has 0 amide bonds. The van der Waals surface area contributed by atoms with Gasteiger partial charge in [0.25, 0.3) is 10.0 Å². The van der Waals surface area contributed by atoms with Gasteiger partial charge in [-0.15, -0.1) is 10.2 Å². The summed E-state index contributed by atoms with van der Waals surface area (Å²) in [5.41, 5.74) is 1.05. The third kappa shape index (κ3) is 2.45. The van der Waals surface area contributed by atoms with Gasteiger partial charge >= 0.3 is 0 Å². The second-order valence-corrected chi connectivity index (χ2v) is 6.20. The molecule has 3 rings (SSSR count). The minimum atomic E-state index is -3.68. The van der Waals surface area contributed by atoms with Gasteiger partial charge in [-0.1, -0.05) is 17.7 Å². The molecule has 6 nitrogen and oxygen atoms in total. The van der Waals surface area contributed by atoms with Gasteiger partial charge in [0.05, 0.1) is 10.6 Å². The predicted octanol–water partition coefficient (Wildman–Crippen LogP) is 2.18. The summed E-state index contributed by atoms with van der Waals surface area (Å²) in [6.07, 6.45) is 3.09. The van der Waals surface area contributed by atoms with Gasteiger partial charge in [0.15, 0.2) is 5.65 Å². The molecule has 0 aliphatic heterocycles. The topological polar surface area (TPSA) is 76.4 Å². The molecule has 0 saturated carbocycles. The van der Waals surface area contributed by atoms with Crippen LogP contribution in [0.15, 0.2) is 53.8 Å². The Morgan fingerprint density at radius 2 is 2.05 bits per heavy atom. The van der Waals surface area contributed by atoms with Gasteiger partial charge < -0.3 is 0 Å². The summed E-state index contributed by atoms with van der Waals surface area (Å²) in [4.78, 5) is 0.105. The monoisotopic (exact) mass is 308 g/mol. The van der Waals surface area contributed by atoms with E-state index in [4.69, 9.17) is 11.6 Å². The molecule has 1 N–H and O–H groups in total. The second kappa shape index (κ2) is 4.77. The number of rotatable bonds is 3. The zero-order chi connectivity index (χ0) is 14.2. The summed E-state index contributed by atoms with van der Waals surface area (Å²) >= 11 is 5.80. The van der Waals surface area contributed by atoms with Crippen LogP contribution in [0.25, 0.3) is 5.65 Å². The lowest BCUT2D eigenvalue weighted by molar-refractivity contribution is 0.601. The fourth-order valence-corrected chi connectivity index (χ4v) is 3.08. The van der Waals surface area contributed by atoms with Gasteiger partial charge in [0.2, 0.25) is 0 Å². The van der Waals surface area contributed by atoms with Crippen LogP contribution in [0, 0.1) is 0 Å². The van der Waals surface area contributed by atoms with Crippen molar-refractivity contribution in [3.05, 3.63) is 53.9 Å². The lowest BCUT2D eigenvalue weighted by Crippen LogP contribution is -2.13. The van der Waals surface area contributed by atoms with Gasteiger partial charge in [0, 0.05) is 11.2 Å². The Bertz CT molecular complexity index is 876. The summed E-state index contributed by atoms with van der Waals surface area (Å²) in [5, 5.41) is 7.93. The summed E-state index contributed by atoms with van der Waals surface area (Å²) < 4.78 is 28.5. The predicted molar refractivity (Wildman–Crippen MR) is 75.2 cm³/mol. The van der Waals surface area contributed by atoms with Crippen LogP contribution < -0.4 is 4.72 Å². The first kappa shape index (κ1) is 12.9. The Labute approximate surface area is 120 Å². The van der Waals surface area contributed by atoms with Crippen LogP contribution in [0.5, 0.6) is 0 Å². The lowest BCUT2D eigenvalue weighted by atomic mass is 10.4. The summed E-state index contributed by atoms with van der Waals surface area (Å²) in [6.45, 7) is 0. The molecule has 8 heteroatoms. The molecule has 0 aliphatic rings. The first-order valence-corrected chi connectivity index (χ1v) is 7.48. The van der Waals surface area contributed by atoms with E-state index in [0.717, 1.165) is 0 Å². The maximum atomic E-state index is 12.2. The van der Waals surface area contributed by atoms with E-state index in [1.165, 1.54) is 18.5 Å². The fourth-order valence-electron chi connectivity index (χ4n) is 1.74. The number of pyridine rings is 1. The van der Waals surface area contributed by atoms with Crippen molar-refractivity contribution in [2.45, 2.75) is 4.90 Å². The second-order valence-electron chi connectivity index (χ2n) is 4.08. The highest BCUT2D eigenvalue weighted by molar-refractivity contribution is 7.92. The lowest BCUT2D eigenvalue weighted by Gasteiger charge is -2.08. The van der Waals surface area contributed by atoms with Gasteiger partial charge in [-0.25, -0.2) is 8.42 Å². The van der Waals surface area contributed by atoms with Crippen LogP contribution in [0.4, 0.5) is 5.69 Å². The van der Waals surface area contributed by atoms with E-state index in [9.17, 15) is 8.42 Å². The van der Waals surface area contributed by atoms with Crippen LogP contribution in [-0.2, 0) is 10.0 Å². The molecule has 0 bridgehead atoms. The first-order chi connectivity index (χ1) is 9.54. The highest BCUT2D eigenvalue weighted by Gasteiger charge is 2.14. The molecule has 0 unspecified atom stereocenters. The molecule has 2 aromatic heterocycles. The van der Waals surface area contributed by atoms with Crippen molar-refractivity contribution in [1.29, 1.82) is 0 Å². The average molecular weight is 309 g/mol. The smallest absolute Gasteiger partial charge is 0.261 e. The van der Waals surface area contributed by atoms with Crippen molar-refractivity contribution in [1.82, 2.24) is 14.6 Å². The highest BCUT2D eigenvalue weighted by Crippen LogP contribution is 2.19. The number of nitrogens with zero attached hydrogens (tertiary/aromatic N) is 3. The number of nitrogens with one attached hydrogen (secondary N) is 1. The average Bonchev–Trinajstić information content (AvgIpc) is 2.85. The zero-order valence-corrected chi connectivity index (χ0v) is 11.6. The summed E-state index contributed by atoms with van der Waals surface area (Å²) in [7, 11) is -3.68. The minimum Gasteiger partial charge on any atom is -0.287 e. The summed E-state index contributed by atoms with van der Waals surface area (Å²) in [5.74, 6) is 0. The molecule has 20 heavy (non-hydrogen) atoms. The number of benzene rings is 1. The van der Waals surface area contributed by atoms with Crippen LogP contribution in [0.1, 0.15) is 0 Å². The Hall–Kier alpha value is -2.12. The quantitative estimate of drug-likeness (QED) is 0.804. The number of aromatic nitrogens is 3. The third-order valence-electron chi connectivity index (χ3n) is 2.65. The number of hydrogen-bond acceptors (Lipinski definition) is 4. The zero-order valence-electron chi connectivity index (χ0n) is 10.1. The van der Waals surface area contributed by atoms with Crippen molar-refractivity contribution in [3.8, 4) is 0 Å². The molecule has 1 aromatic carbocycles. The van der Waals surface area contributed by atoms with Crippen molar-refractivity contribution in [2.75, 3.05) is 4.72 Å². The van der Waals surface area contributed by atoms with E-state index in [-0.39, 0.29) is 4.90 Å². The molecule has 0 saturated heterocycles. The number of halogens is 1. The fraction of sp³-hybridized carbons (Fsp3) is 0. The molecule has 0 aliphatic carbocycles. The number of hydrogen-bond donors (Lipinski definition) is 1. The molecule has 0 atom stereocenters. The van der Waals surface area contributed by atoms with Crippen molar-refractivity contribution in [2.24, 2.45) is 0 Å². The maximum absolute atomic E-state index is 12.2. The van der Waals surface area contributed by atoms with Crippen molar-refractivity contribution < 1.29 is 8.42 Å². The van der Waals surface area contributed by atoms with Crippen LogP contribution in [0.2, 0.25) is 5.02 Å². The molecular weight excluding hydrogens is 300 g/mol. The normalized spacial score (nSPS) is 11.7. The van der Waals surface area contributed by atoms with E-state index in [1.54, 1.807) is 34.9 Å². The molecule has 102 valence electrons. The standard InChI is InChI=1S/C12H9ClN4O2S/c13-9-2-1-3-11(6-9)20(18,19)16-10-4-5-12-15-14-8-17(12)7-10/h1-8,16H. The van der Waals surface area contributed by atoms with Crippen LogP contribution in [-0.4, -0.2) is 23.0 Å². The van der Waals surface area contributed by atoms with Crippen LogP contribution >= 0.6 is 11.6 Å². The highest BCUT2D eigenvalue weighted by atomic mass is 35.5. The Morgan fingerprint density at radius 1 is 1.20 bits per heavy atom. The largest absolute Gasteiger partial charge is 0.287 e. The third-order valence-corrected chi connectivity index (χ3v) is 4.26. The van der Waals surface area contributed by atoms with Gasteiger partial charge in [0.1, 0.15) is 6.33 Å². The number of fused-ring (bicyclic) bond motifs is 1. The Morgan fingerprint density at radius 3 is 2.85 bits per heavy atom. The minimum absolute atomic E-state index is 0.105. The van der Waals surface area contributed by atoms with Crippen molar-refractivity contribution in [3.63, 3.8) is 0 Å². The molecule has 0 spiro atoms. The van der Waals surface area contributed by atoms with Gasteiger partial charge in [-0.2, -0.15) is 0 Å². The van der Waals surface area contributed by atoms with Crippen molar-refractivity contribution >= 4 is 33.0 Å². The number of anilines is 1. The molecular formula is C12H9ClN4O2S. The van der Waals surface area contributed by atoms with Gasteiger partial charge in [-0.3, -0.25) is 9.12 Å². The Kier molecular flexibility index (Phi) is 3.07. The van der Waals surface area contributed by atoms with E-state index in [2.05, 4.69) is 14.9 Å². The molecule has 3 aromatic rings. The molecule has 2 heterocycles. The van der Waals surface area contributed by atoms with E-state index in [0.29, 0.717) is 16.4 Å². The number of sulfonamides is 1.